The molecule has 6 heteroatoms. The van der Waals surface area contributed by atoms with Gasteiger partial charge in [-0.05, 0) is 25.0 Å². The van der Waals surface area contributed by atoms with Crippen molar-refractivity contribution in [3.63, 3.8) is 0 Å². The van der Waals surface area contributed by atoms with E-state index in [1.54, 1.807) is 6.92 Å². The average Bonchev–Trinajstić information content (AvgIpc) is 2.43. The maximum Gasteiger partial charge on any atom is 0.418 e. The molecule has 0 aliphatic carbocycles. The van der Waals surface area contributed by atoms with Crippen LogP contribution in [0.25, 0.3) is 0 Å². The van der Waals surface area contributed by atoms with E-state index in [1.807, 2.05) is 13.8 Å². The second-order valence-electron chi connectivity index (χ2n) is 4.98. The highest BCUT2D eigenvalue weighted by Crippen LogP contribution is 2.36. The molecule has 0 saturated carbocycles. The van der Waals surface area contributed by atoms with Gasteiger partial charge in [0, 0.05) is 13.1 Å². The van der Waals surface area contributed by atoms with Crippen LogP contribution in [0, 0.1) is 5.92 Å². The van der Waals surface area contributed by atoms with Crippen molar-refractivity contribution in [3.05, 3.63) is 29.3 Å². The van der Waals surface area contributed by atoms with Gasteiger partial charge < -0.3 is 10.6 Å². The summed E-state index contributed by atoms with van der Waals surface area (Å²) in [5.74, 6) is -0.209. The van der Waals surface area contributed by atoms with Gasteiger partial charge in [0.15, 0.2) is 0 Å². The molecule has 0 radical (unpaired) electrons. The van der Waals surface area contributed by atoms with Gasteiger partial charge in [0.05, 0.1) is 16.8 Å². The number of anilines is 1. The molecule has 1 aromatic rings. The number of benzene rings is 1. The first-order valence-electron chi connectivity index (χ1n) is 7.03. The fourth-order valence-corrected chi connectivity index (χ4v) is 1.85. The highest BCUT2D eigenvalue weighted by Gasteiger charge is 2.35. The van der Waals surface area contributed by atoms with Crippen LogP contribution in [0.4, 0.5) is 18.9 Å². The van der Waals surface area contributed by atoms with E-state index in [0.717, 1.165) is 12.5 Å². The van der Waals surface area contributed by atoms with Gasteiger partial charge in [-0.25, -0.2) is 0 Å². The normalized spacial score (nSPS) is 12.9. The Morgan fingerprint density at radius 2 is 1.95 bits per heavy atom. The SMILES string of the molecule is CCNc1c(C(=O)NCC(C)CC)cccc1C(F)(F)F. The van der Waals surface area contributed by atoms with Gasteiger partial charge in [0.1, 0.15) is 0 Å². The van der Waals surface area contributed by atoms with Crippen molar-refractivity contribution in [1.82, 2.24) is 5.32 Å². The van der Waals surface area contributed by atoms with Gasteiger partial charge in [-0.3, -0.25) is 4.79 Å². The zero-order chi connectivity index (χ0) is 16.0. The number of para-hydroxylation sites is 1. The zero-order valence-electron chi connectivity index (χ0n) is 12.5. The molecule has 0 heterocycles. The maximum absolute atomic E-state index is 13.0. The van der Waals surface area contributed by atoms with Gasteiger partial charge in [0.2, 0.25) is 0 Å². The molecule has 21 heavy (non-hydrogen) atoms. The molecular weight excluding hydrogens is 281 g/mol. The number of rotatable bonds is 6. The Labute approximate surface area is 122 Å². The van der Waals surface area contributed by atoms with Crippen molar-refractivity contribution in [1.29, 1.82) is 0 Å². The molecule has 0 aromatic heterocycles. The van der Waals surface area contributed by atoms with Crippen LogP contribution in [-0.2, 0) is 6.18 Å². The summed E-state index contributed by atoms with van der Waals surface area (Å²) in [4.78, 5) is 12.1. The number of nitrogens with one attached hydrogen (secondary N) is 2. The Morgan fingerprint density at radius 1 is 1.29 bits per heavy atom. The highest BCUT2D eigenvalue weighted by molar-refractivity contribution is 6.00. The van der Waals surface area contributed by atoms with Crippen molar-refractivity contribution in [2.45, 2.75) is 33.4 Å². The quantitative estimate of drug-likeness (QED) is 0.836. The summed E-state index contributed by atoms with van der Waals surface area (Å²) in [5, 5.41) is 5.33. The first-order valence-corrected chi connectivity index (χ1v) is 7.03. The molecule has 0 saturated heterocycles. The highest BCUT2D eigenvalue weighted by atomic mass is 19.4. The molecular formula is C15H21F3N2O. The third-order valence-electron chi connectivity index (χ3n) is 3.28. The van der Waals surface area contributed by atoms with E-state index in [9.17, 15) is 18.0 Å². The summed E-state index contributed by atoms with van der Waals surface area (Å²) in [5.41, 5.74) is -0.954. The maximum atomic E-state index is 13.0. The van der Waals surface area contributed by atoms with E-state index in [0.29, 0.717) is 13.1 Å². The molecule has 1 unspecified atom stereocenters. The summed E-state index contributed by atoms with van der Waals surface area (Å²) in [6, 6.07) is 3.63. The zero-order valence-corrected chi connectivity index (χ0v) is 12.5. The van der Waals surface area contributed by atoms with Crippen LogP contribution >= 0.6 is 0 Å². The van der Waals surface area contributed by atoms with Crippen molar-refractivity contribution >= 4 is 11.6 Å². The number of hydrogen-bond donors (Lipinski definition) is 2. The summed E-state index contributed by atoms with van der Waals surface area (Å²) in [7, 11) is 0. The topological polar surface area (TPSA) is 41.1 Å². The van der Waals surface area contributed by atoms with Crippen LogP contribution in [-0.4, -0.2) is 19.0 Å². The molecule has 3 nitrogen and oxygen atoms in total. The summed E-state index contributed by atoms with van der Waals surface area (Å²) >= 11 is 0. The molecule has 1 atom stereocenters. The van der Waals surface area contributed by atoms with Crippen LogP contribution in [0.5, 0.6) is 0 Å². The Balaban J connectivity index is 3.08. The number of hydrogen-bond acceptors (Lipinski definition) is 2. The number of halogens is 3. The monoisotopic (exact) mass is 302 g/mol. The van der Waals surface area contributed by atoms with E-state index in [2.05, 4.69) is 10.6 Å². The van der Waals surface area contributed by atoms with E-state index >= 15 is 0 Å². The van der Waals surface area contributed by atoms with Crippen LogP contribution in [0.1, 0.15) is 43.1 Å². The summed E-state index contributed by atoms with van der Waals surface area (Å²) in [6.07, 6.45) is -3.60. The standard InChI is InChI=1S/C15H21F3N2O/c1-4-10(3)9-20-14(21)11-7-6-8-12(15(16,17)18)13(11)19-5-2/h6-8,10,19H,4-5,9H2,1-3H3,(H,20,21). The number of alkyl halides is 3. The molecule has 1 amide bonds. The van der Waals surface area contributed by atoms with Crippen LogP contribution in [0.15, 0.2) is 18.2 Å². The molecule has 0 bridgehead atoms. The third-order valence-corrected chi connectivity index (χ3v) is 3.28. The Hall–Kier alpha value is -1.72. The van der Waals surface area contributed by atoms with Gasteiger partial charge in [-0.2, -0.15) is 13.2 Å². The predicted molar refractivity (Wildman–Crippen MR) is 77.4 cm³/mol. The average molecular weight is 302 g/mol. The number of carbonyl (C=O) groups is 1. The molecule has 118 valence electrons. The number of amides is 1. The van der Waals surface area contributed by atoms with E-state index in [1.165, 1.54) is 12.1 Å². The van der Waals surface area contributed by atoms with E-state index < -0.39 is 17.6 Å². The Morgan fingerprint density at radius 3 is 2.48 bits per heavy atom. The Bertz CT molecular complexity index is 486. The van der Waals surface area contributed by atoms with E-state index in [4.69, 9.17) is 0 Å². The third kappa shape index (κ3) is 4.65. The molecule has 0 aliphatic rings. The predicted octanol–water partition coefficient (Wildman–Crippen LogP) is 3.91. The minimum atomic E-state index is -4.50. The minimum absolute atomic E-state index is 0.0231. The largest absolute Gasteiger partial charge is 0.418 e. The van der Waals surface area contributed by atoms with Gasteiger partial charge in [-0.1, -0.05) is 26.3 Å². The van der Waals surface area contributed by atoms with Crippen molar-refractivity contribution < 1.29 is 18.0 Å². The minimum Gasteiger partial charge on any atom is -0.384 e. The summed E-state index contributed by atoms with van der Waals surface area (Å²) in [6.45, 7) is 6.40. The molecule has 0 fully saturated rings. The second kappa shape index (κ2) is 7.33. The van der Waals surface area contributed by atoms with Crippen molar-refractivity contribution in [2.75, 3.05) is 18.4 Å². The van der Waals surface area contributed by atoms with Crippen molar-refractivity contribution in [3.8, 4) is 0 Å². The van der Waals surface area contributed by atoms with E-state index in [-0.39, 0.29) is 17.2 Å². The fourth-order valence-electron chi connectivity index (χ4n) is 1.85. The lowest BCUT2D eigenvalue weighted by atomic mass is 10.0. The number of carbonyl (C=O) groups excluding carboxylic acids is 1. The first kappa shape index (κ1) is 17.3. The van der Waals surface area contributed by atoms with Crippen LogP contribution < -0.4 is 10.6 Å². The molecule has 0 aliphatic heterocycles. The lowest BCUT2D eigenvalue weighted by Gasteiger charge is -2.18. The smallest absolute Gasteiger partial charge is 0.384 e. The first-order chi connectivity index (χ1) is 9.81. The lowest BCUT2D eigenvalue weighted by molar-refractivity contribution is -0.137. The van der Waals surface area contributed by atoms with Crippen LogP contribution in [0.3, 0.4) is 0 Å². The summed E-state index contributed by atoms with van der Waals surface area (Å²) < 4.78 is 39.0. The van der Waals surface area contributed by atoms with Gasteiger partial charge >= 0.3 is 6.18 Å². The lowest BCUT2D eigenvalue weighted by Crippen LogP contribution is -2.29. The molecule has 1 rings (SSSR count). The fraction of sp³-hybridized carbons (Fsp3) is 0.533. The molecule has 0 spiro atoms. The molecule has 2 N–H and O–H groups in total. The molecule has 1 aromatic carbocycles. The Kier molecular flexibility index (Phi) is 6.05. The van der Waals surface area contributed by atoms with Gasteiger partial charge in [-0.15, -0.1) is 0 Å². The van der Waals surface area contributed by atoms with Crippen molar-refractivity contribution in [2.24, 2.45) is 5.92 Å². The van der Waals surface area contributed by atoms with Gasteiger partial charge in [0.25, 0.3) is 5.91 Å². The second-order valence-corrected chi connectivity index (χ2v) is 4.98. The van der Waals surface area contributed by atoms with Crippen LogP contribution in [0.2, 0.25) is 0 Å².